The highest BCUT2D eigenvalue weighted by Gasteiger charge is 2.23. The van der Waals surface area contributed by atoms with Crippen molar-refractivity contribution in [3.8, 4) is 0 Å². The van der Waals surface area contributed by atoms with Crippen molar-refractivity contribution in [2.45, 2.75) is 39.5 Å². The van der Waals surface area contributed by atoms with E-state index < -0.39 is 11.9 Å². The molecule has 0 aromatic heterocycles. The lowest BCUT2D eigenvalue weighted by Gasteiger charge is -2.31. The van der Waals surface area contributed by atoms with Crippen molar-refractivity contribution in [2.75, 3.05) is 36.1 Å². The molecule has 2 aromatic carbocycles. The van der Waals surface area contributed by atoms with Crippen LogP contribution >= 0.6 is 0 Å². The molecule has 0 unspecified atom stereocenters. The van der Waals surface area contributed by atoms with Gasteiger partial charge in [0, 0.05) is 49.5 Å². The monoisotopic (exact) mass is 492 g/mol. The van der Waals surface area contributed by atoms with Gasteiger partial charge in [-0.15, -0.1) is 0 Å². The summed E-state index contributed by atoms with van der Waals surface area (Å²) in [6.07, 6.45) is 5.09. The second kappa shape index (κ2) is 15.2. The number of rotatable bonds is 14. The molecule has 0 aliphatic carbocycles. The molecule has 7 heteroatoms. The molecule has 0 aliphatic rings. The van der Waals surface area contributed by atoms with Gasteiger partial charge in [0.25, 0.3) is 0 Å². The van der Waals surface area contributed by atoms with Crippen LogP contribution in [0.25, 0.3) is 0 Å². The Bertz CT molecular complexity index is 933. The minimum atomic E-state index is -0.438. The molecular weight excluding hydrogens is 456 g/mol. The van der Waals surface area contributed by atoms with Crippen molar-refractivity contribution < 1.29 is 23.9 Å². The van der Waals surface area contributed by atoms with Gasteiger partial charge in [-0.25, -0.2) is 14.4 Å². The Morgan fingerprint density at radius 1 is 0.694 bits per heavy atom. The highest BCUT2D eigenvalue weighted by Crippen LogP contribution is 2.23. The fourth-order valence-corrected chi connectivity index (χ4v) is 3.61. The predicted octanol–water partition coefficient (Wildman–Crippen LogP) is 5.48. The first-order chi connectivity index (χ1) is 17.4. The van der Waals surface area contributed by atoms with Crippen LogP contribution in [0.1, 0.15) is 37.8 Å². The summed E-state index contributed by atoms with van der Waals surface area (Å²) in [5, 5.41) is 0. The van der Waals surface area contributed by atoms with Gasteiger partial charge in [-0.05, 0) is 48.2 Å². The van der Waals surface area contributed by atoms with Crippen LogP contribution in [0.5, 0.6) is 0 Å². The summed E-state index contributed by atoms with van der Waals surface area (Å²) in [5.74, 6) is -0.877. The molecule has 2 aromatic rings. The zero-order chi connectivity index (χ0) is 26.3. The van der Waals surface area contributed by atoms with E-state index >= 15 is 0 Å². The van der Waals surface area contributed by atoms with Gasteiger partial charge in [0.15, 0.2) is 0 Å². The first-order valence-electron chi connectivity index (χ1n) is 12.3. The fraction of sp³-hybridized carbons (Fsp3) is 0.345. The molecule has 0 atom stereocenters. The minimum absolute atomic E-state index is 0.0842. The van der Waals surface area contributed by atoms with E-state index in [0.717, 1.165) is 47.5 Å². The SMILES string of the molecule is C=CC(=O)OCCc1ccc(N(CCC)C(=O)N(CCC)c2ccc(CCOC(=O)C=C)cc2)cc1. The Morgan fingerprint density at radius 2 is 1.06 bits per heavy atom. The average molecular weight is 493 g/mol. The highest BCUT2D eigenvalue weighted by atomic mass is 16.5. The Hall–Kier alpha value is -3.87. The van der Waals surface area contributed by atoms with Crippen molar-refractivity contribution >= 4 is 29.3 Å². The molecule has 192 valence electrons. The van der Waals surface area contributed by atoms with Crippen LogP contribution in [0.3, 0.4) is 0 Å². The van der Waals surface area contributed by atoms with Gasteiger partial charge < -0.3 is 9.47 Å². The Morgan fingerprint density at radius 3 is 1.36 bits per heavy atom. The van der Waals surface area contributed by atoms with Crippen LogP contribution in [0, 0.1) is 0 Å². The number of anilines is 2. The largest absolute Gasteiger partial charge is 0.462 e. The zero-order valence-corrected chi connectivity index (χ0v) is 21.3. The van der Waals surface area contributed by atoms with E-state index in [0.29, 0.717) is 25.9 Å². The van der Waals surface area contributed by atoms with Gasteiger partial charge >= 0.3 is 18.0 Å². The first kappa shape index (κ1) is 28.4. The third-order valence-electron chi connectivity index (χ3n) is 5.46. The fourth-order valence-electron chi connectivity index (χ4n) is 3.61. The average Bonchev–Trinajstić information content (AvgIpc) is 2.90. The van der Waals surface area contributed by atoms with E-state index in [4.69, 9.17) is 9.47 Å². The van der Waals surface area contributed by atoms with Crippen molar-refractivity contribution in [2.24, 2.45) is 0 Å². The Labute approximate surface area is 214 Å². The summed E-state index contributed by atoms with van der Waals surface area (Å²) >= 11 is 0. The molecule has 0 saturated heterocycles. The molecule has 0 aliphatic heterocycles. The van der Waals surface area contributed by atoms with E-state index in [2.05, 4.69) is 13.2 Å². The number of hydrogen-bond acceptors (Lipinski definition) is 5. The van der Waals surface area contributed by atoms with Crippen LogP contribution in [0.15, 0.2) is 73.8 Å². The number of amides is 2. The normalized spacial score (nSPS) is 10.3. The second-order valence-electron chi connectivity index (χ2n) is 8.16. The van der Waals surface area contributed by atoms with Crippen molar-refractivity contribution in [3.63, 3.8) is 0 Å². The van der Waals surface area contributed by atoms with Gasteiger partial charge in [0.1, 0.15) is 0 Å². The standard InChI is InChI=1S/C29H36N2O5/c1-5-19-30(25-13-9-23(10-14-25)17-21-35-27(32)7-3)29(34)31(20-6-2)26-15-11-24(12-16-26)18-22-36-28(33)8-4/h7-16H,3-6,17-22H2,1-2H3. The summed E-state index contributed by atoms with van der Waals surface area (Å²) in [4.78, 5) is 39.7. The van der Waals surface area contributed by atoms with Crippen LogP contribution in [0.4, 0.5) is 16.2 Å². The topological polar surface area (TPSA) is 76.2 Å². The molecule has 0 saturated carbocycles. The lowest BCUT2D eigenvalue weighted by atomic mass is 10.1. The molecule has 0 heterocycles. The van der Waals surface area contributed by atoms with Crippen LogP contribution in [-0.4, -0.2) is 44.3 Å². The molecule has 2 rings (SSSR count). The van der Waals surface area contributed by atoms with Gasteiger partial charge in [0.05, 0.1) is 13.2 Å². The highest BCUT2D eigenvalue weighted by molar-refractivity contribution is 6.03. The van der Waals surface area contributed by atoms with E-state index in [9.17, 15) is 14.4 Å². The van der Waals surface area contributed by atoms with Gasteiger partial charge in [-0.1, -0.05) is 51.3 Å². The molecule has 0 spiro atoms. The summed E-state index contributed by atoms with van der Waals surface area (Å²) in [6.45, 7) is 12.6. The number of carbonyl (C=O) groups excluding carboxylic acids is 3. The summed E-state index contributed by atoms with van der Waals surface area (Å²) < 4.78 is 10.1. The quantitative estimate of drug-likeness (QED) is 0.258. The number of urea groups is 1. The smallest absolute Gasteiger partial charge is 0.330 e. The van der Waals surface area contributed by atoms with E-state index in [1.54, 1.807) is 9.80 Å². The van der Waals surface area contributed by atoms with Gasteiger partial charge in [-0.3, -0.25) is 9.80 Å². The van der Waals surface area contributed by atoms with E-state index in [-0.39, 0.29) is 19.2 Å². The molecule has 0 N–H and O–H groups in total. The number of benzene rings is 2. The van der Waals surface area contributed by atoms with Crippen LogP contribution < -0.4 is 9.80 Å². The summed E-state index contributed by atoms with van der Waals surface area (Å²) in [6, 6.07) is 15.4. The third kappa shape index (κ3) is 8.73. The summed E-state index contributed by atoms with van der Waals surface area (Å²) in [5.41, 5.74) is 3.66. The molecule has 36 heavy (non-hydrogen) atoms. The van der Waals surface area contributed by atoms with E-state index in [1.807, 2.05) is 62.4 Å². The maximum Gasteiger partial charge on any atom is 0.330 e. The lowest BCUT2D eigenvalue weighted by Crippen LogP contribution is -2.44. The number of hydrogen-bond donors (Lipinski definition) is 0. The molecular formula is C29H36N2O5. The number of carbonyl (C=O) groups is 3. The van der Waals surface area contributed by atoms with Crippen molar-refractivity contribution in [1.29, 1.82) is 0 Å². The summed E-state index contributed by atoms with van der Waals surface area (Å²) in [7, 11) is 0. The number of nitrogens with zero attached hydrogens (tertiary/aromatic N) is 2. The molecule has 0 fully saturated rings. The number of esters is 2. The molecule has 7 nitrogen and oxygen atoms in total. The zero-order valence-electron chi connectivity index (χ0n) is 21.3. The first-order valence-corrected chi connectivity index (χ1v) is 12.3. The maximum absolute atomic E-state index is 13.7. The van der Waals surface area contributed by atoms with Crippen molar-refractivity contribution in [1.82, 2.24) is 0 Å². The van der Waals surface area contributed by atoms with E-state index in [1.165, 1.54) is 0 Å². The predicted molar refractivity (Wildman–Crippen MR) is 143 cm³/mol. The Balaban J connectivity index is 2.12. The van der Waals surface area contributed by atoms with Crippen molar-refractivity contribution in [3.05, 3.63) is 85.0 Å². The number of ether oxygens (including phenoxy) is 2. The molecule has 2 amide bonds. The maximum atomic E-state index is 13.7. The van der Waals surface area contributed by atoms with Crippen LogP contribution in [0.2, 0.25) is 0 Å². The van der Waals surface area contributed by atoms with Crippen LogP contribution in [-0.2, 0) is 31.9 Å². The molecule has 0 bridgehead atoms. The van der Waals surface area contributed by atoms with Gasteiger partial charge in [-0.2, -0.15) is 0 Å². The second-order valence-corrected chi connectivity index (χ2v) is 8.16. The Kier molecular flexibility index (Phi) is 12.0. The lowest BCUT2D eigenvalue weighted by molar-refractivity contribution is -0.138. The van der Waals surface area contributed by atoms with Gasteiger partial charge in [0.2, 0.25) is 0 Å². The third-order valence-corrected chi connectivity index (χ3v) is 5.46. The minimum Gasteiger partial charge on any atom is -0.462 e. The molecule has 0 radical (unpaired) electrons.